The third-order valence-electron chi connectivity index (χ3n) is 5.67. The van der Waals surface area contributed by atoms with Crippen LogP contribution in [0.2, 0.25) is 0 Å². The van der Waals surface area contributed by atoms with Gasteiger partial charge in [0.25, 0.3) is 6.43 Å². The summed E-state index contributed by atoms with van der Waals surface area (Å²) >= 11 is 2.99. The van der Waals surface area contributed by atoms with E-state index in [1.54, 1.807) is 0 Å². The van der Waals surface area contributed by atoms with E-state index >= 15 is 0 Å². The van der Waals surface area contributed by atoms with Gasteiger partial charge < -0.3 is 5.32 Å². The van der Waals surface area contributed by atoms with Crippen LogP contribution in [0.5, 0.6) is 0 Å². The second-order valence-corrected chi connectivity index (χ2v) is 11.8. The van der Waals surface area contributed by atoms with E-state index in [9.17, 15) is 44.3 Å². The Labute approximate surface area is 223 Å². The highest BCUT2D eigenvalue weighted by Gasteiger charge is 2.54. The minimum Gasteiger partial charge on any atom is -0.351 e. The number of carbonyl (C=O) groups is 2. The van der Waals surface area contributed by atoms with E-state index in [1.807, 2.05) is 0 Å². The molecule has 0 fully saturated rings. The first-order valence-electron chi connectivity index (χ1n) is 10.8. The first kappa shape index (κ1) is 31.5. The quantitative estimate of drug-likeness (QED) is 0.283. The maximum absolute atomic E-state index is 14.8. The van der Waals surface area contributed by atoms with Crippen molar-refractivity contribution in [2.24, 2.45) is 0 Å². The molecule has 0 aliphatic carbocycles. The summed E-state index contributed by atoms with van der Waals surface area (Å²) in [5.74, 6) is -3.96. The number of rotatable bonds is 10. The molecule has 0 aliphatic rings. The summed E-state index contributed by atoms with van der Waals surface area (Å²) in [6.45, 7) is 1.03. The highest BCUT2D eigenvalue weighted by Crippen LogP contribution is 2.48. The fraction of sp³-hybridized carbons (Fsp3) is 0.375. The van der Waals surface area contributed by atoms with Crippen molar-refractivity contribution >= 4 is 43.0 Å². The monoisotopic (exact) mass is 628 g/mol. The fourth-order valence-electron chi connectivity index (χ4n) is 3.62. The van der Waals surface area contributed by atoms with Gasteiger partial charge >= 0.3 is 6.18 Å². The molecule has 0 aliphatic heterocycles. The number of amides is 1. The topological polar surface area (TPSA) is 93.2 Å². The maximum Gasteiger partial charge on any atom is 0.398 e. The Morgan fingerprint density at radius 3 is 2.21 bits per heavy atom. The van der Waals surface area contributed by atoms with Crippen molar-refractivity contribution in [3.63, 3.8) is 0 Å². The van der Waals surface area contributed by atoms with Crippen molar-refractivity contribution in [1.29, 1.82) is 0 Å². The molecule has 1 N–H and O–H groups in total. The van der Waals surface area contributed by atoms with E-state index in [0.717, 1.165) is 43.6 Å². The number of halogens is 7. The summed E-state index contributed by atoms with van der Waals surface area (Å²) in [6, 6.07) is 4.89. The largest absolute Gasteiger partial charge is 0.398 e. The number of ketones is 1. The predicted octanol–water partition coefficient (Wildman–Crippen LogP) is 5.33. The third kappa shape index (κ3) is 7.88. The molecule has 0 spiro atoms. The molecule has 1 atom stereocenters. The van der Waals surface area contributed by atoms with E-state index < -0.39 is 80.8 Å². The van der Waals surface area contributed by atoms with E-state index in [-0.39, 0.29) is 15.7 Å². The van der Waals surface area contributed by atoms with Gasteiger partial charge in [-0.1, -0.05) is 22.0 Å². The van der Waals surface area contributed by atoms with Crippen LogP contribution >= 0.6 is 15.9 Å². The van der Waals surface area contributed by atoms with Gasteiger partial charge in [-0.25, -0.2) is 21.6 Å². The Bertz CT molecular complexity index is 1340. The number of carbonyl (C=O) groups excluding carboxylic acids is 2. The van der Waals surface area contributed by atoms with Crippen LogP contribution in [0.15, 0.2) is 46.6 Å². The number of Topliss-reactive ketones (excluding diaryl/α,β-unsaturated/α-hetero) is 1. The van der Waals surface area contributed by atoms with Gasteiger partial charge in [-0.3, -0.25) is 14.6 Å². The number of hydrogen-bond donors (Lipinski definition) is 1. The SMILES string of the molecule is CC(=O)/C(CNC(=O)CS(C)(=O)=O)=C(\CC(C)(c1ccc(Br)cc1F)C(F)(F)F)c1ccc(C(F)F)cn1. The van der Waals surface area contributed by atoms with Crippen molar-refractivity contribution in [3.05, 3.63) is 69.2 Å². The van der Waals surface area contributed by atoms with Gasteiger partial charge in [0.15, 0.2) is 15.6 Å². The molecule has 2 aromatic rings. The van der Waals surface area contributed by atoms with Crippen LogP contribution in [0, 0.1) is 5.82 Å². The Hall–Kier alpha value is -2.74. The third-order valence-corrected chi connectivity index (χ3v) is 6.95. The summed E-state index contributed by atoms with van der Waals surface area (Å²) < 4.78 is 108. The van der Waals surface area contributed by atoms with Crippen LogP contribution in [0.25, 0.3) is 5.57 Å². The van der Waals surface area contributed by atoms with Crippen molar-refractivity contribution in [1.82, 2.24) is 10.3 Å². The summed E-state index contributed by atoms with van der Waals surface area (Å²) in [4.78, 5) is 28.4. The molecule has 0 radical (unpaired) electrons. The highest BCUT2D eigenvalue weighted by molar-refractivity contribution is 9.10. The van der Waals surface area contributed by atoms with Gasteiger partial charge in [0.05, 0.1) is 11.1 Å². The minimum atomic E-state index is -5.07. The zero-order valence-corrected chi connectivity index (χ0v) is 22.7. The molecule has 1 amide bonds. The highest BCUT2D eigenvalue weighted by atomic mass is 79.9. The number of pyridine rings is 1. The Morgan fingerprint density at radius 1 is 1.13 bits per heavy atom. The average Bonchev–Trinajstić information content (AvgIpc) is 2.76. The first-order chi connectivity index (χ1) is 17.4. The van der Waals surface area contributed by atoms with Crippen LogP contribution in [0.4, 0.5) is 26.3 Å². The standard InChI is InChI=1S/C24H23BrF6N2O4S/c1-13(34)17(11-33-21(35)12-38(3,36)37)16(20-7-4-14(10-32-20)22(27)28)9-23(2,24(29,30)31)18-6-5-15(25)8-19(18)26/h4-8,10,22H,9,11-12H2,1-3H3,(H,33,35)/b17-16+. The second kappa shape index (κ2) is 12.0. The summed E-state index contributed by atoms with van der Waals surface area (Å²) in [6.07, 6.45) is -7.55. The lowest BCUT2D eigenvalue weighted by molar-refractivity contribution is -0.185. The summed E-state index contributed by atoms with van der Waals surface area (Å²) in [7, 11) is -3.76. The molecule has 1 aromatic heterocycles. The Kier molecular flexibility index (Phi) is 9.92. The lowest BCUT2D eigenvalue weighted by Gasteiger charge is -2.34. The van der Waals surface area contributed by atoms with Crippen molar-refractivity contribution < 1.29 is 44.3 Å². The van der Waals surface area contributed by atoms with Gasteiger partial charge in [0.1, 0.15) is 11.6 Å². The predicted molar refractivity (Wildman–Crippen MR) is 132 cm³/mol. The van der Waals surface area contributed by atoms with Crippen LogP contribution in [0.1, 0.15) is 43.5 Å². The maximum atomic E-state index is 14.8. The van der Waals surface area contributed by atoms with E-state index in [0.29, 0.717) is 6.92 Å². The molecule has 0 saturated carbocycles. The molecule has 14 heteroatoms. The van der Waals surface area contributed by atoms with Gasteiger partial charge in [-0.05, 0) is 50.1 Å². The molecule has 208 valence electrons. The minimum absolute atomic E-state index is 0.182. The van der Waals surface area contributed by atoms with Gasteiger partial charge in [-0.2, -0.15) is 13.2 Å². The Balaban J connectivity index is 2.75. The molecule has 2 rings (SSSR count). The van der Waals surface area contributed by atoms with Gasteiger partial charge in [0.2, 0.25) is 5.91 Å². The molecule has 6 nitrogen and oxygen atoms in total. The van der Waals surface area contributed by atoms with E-state index in [2.05, 4.69) is 26.2 Å². The molecular weight excluding hydrogens is 606 g/mol. The second-order valence-electron chi connectivity index (χ2n) is 8.77. The van der Waals surface area contributed by atoms with Crippen LogP contribution in [0.3, 0.4) is 0 Å². The number of alkyl halides is 5. The molecule has 0 saturated heterocycles. The van der Waals surface area contributed by atoms with Crippen molar-refractivity contribution in [3.8, 4) is 0 Å². The van der Waals surface area contributed by atoms with Crippen LogP contribution < -0.4 is 5.32 Å². The summed E-state index contributed by atoms with van der Waals surface area (Å²) in [5.41, 5.74) is -5.29. The molecule has 1 heterocycles. The smallest absolute Gasteiger partial charge is 0.351 e. The molecule has 1 aromatic carbocycles. The van der Waals surface area contributed by atoms with Crippen molar-refractivity contribution in [2.45, 2.75) is 38.3 Å². The normalized spacial score (nSPS) is 14.6. The molecule has 1 unspecified atom stereocenters. The zero-order chi connectivity index (χ0) is 29.1. The number of nitrogens with one attached hydrogen (secondary N) is 1. The van der Waals surface area contributed by atoms with Crippen molar-refractivity contribution in [2.75, 3.05) is 18.6 Å². The number of nitrogens with zero attached hydrogens (tertiary/aromatic N) is 1. The lowest BCUT2D eigenvalue weighted by Crippen LogP contribution is -2.41. The van der Waals surface area contributed by atoms with Crippen LogP contribution in [-0.2, 0) is 24.8 Å². The number of benzene rings is 1. The molecular formula is C24H23BrF6N2O4S. The number of hydrogen-bond acceptors (Lipinski definition) is 5. The molecule has 38 heavy (non-hydrogen) atoms. The average molecular weight is 629 g/mol. The van der Waals surface area contributed by atoms with Crippen LogP contribution in [-0.4, -0.2) is 49.8 Å². The van der Waals surface area contributed by atoms with Gasteiger partial charge in [-0.15, -0.1) is 0 Å². The first-order valence-corrected chi connectivity index (χ1v) is 13.6. The number of allylic oxidation sites excluding steroid dienone is 1. The fourth-order valence-corrected chi connectivity index (χ4v) is 4.53. The van der Waals surface area contributed by atoms with E-state index in [4.69, 9.17) is 0 Å². The number of aromatic nitrogens is 1. The lowest BCUT2D eigenvalue weighted by atomic mass is 9.74. The van der Waals surface area contributed by atoms with E-state index in [1.165, 1.54) is 6.07 Å². The number of sulfone groups is 1. The summed E-state index contributed by atoms with van der Waals surface area (Å²) in [5, 5.41) is 2.18. The Morgan fingerprint density at radius 2 is 1.76 bits per heavy atom. The molecule has 0 bridgehead atoms. The zero-order valence-electron chi connectivity index (χ0n) is 20.3. The van der Waals surface area contributed by atoms with Gasteiger partial charge in [0, 0.05) is 40.2 Å².